The molecule has 0 radical (unpaired) electrons. The van der Waals surface area contributed by atoms with Crippen LogP contribution in [0.2, 0.25) is 0 Å². The zero-order valence-electron chi connectivity index (χ0n) is 11.8. The Balaban J connectivity index is 2.36. The van der Waals surface area contributed by atoms with Gasteiger partial charge in [-0.15, -0.1) is 0 Å². The van der Waals surface area contributed by atoms with Crippen LogP contribution in [0.5, 0.6) is 0 Å². The maximum Gasteiger partial charge on any atom is 0.410 e. The third-order valence-electron chi connectivity index (χ3n) is 2.98. The van der Waals surface area contributed by atoms with Gasteiger partial charge in [0, 0.05) is 11.1 Å². The van der Waals surface area contributed by atoms with Crippen LogP contribution in [0.3, 0.4) is 0 Å². The number of benzene rings is 1. The summed E-state index contributed by atoms with van der Waals surface area (Å²) in [5.74, 6) is -4.09. The monoisotopic (exact) mass is 365 g/mol. The SMILES string of the molecule is CC(C)(C)OC(=O)N1Cc2c(ccc(Br)c2F)C(F)(F)C1. The van der Waals surface area contributed by atoms with Crippen molar-refractivity contribution < 1.29 is 22.7 Å². The molecule has 1 aliphatic heterocycles. The minimum Gasteiger partial charge on any atom is -0.444 e. The first-order valence-electron chi connectivity index (χ1n) is 6.34. The normalized spacial score (nSPS) is 17.4. The Hall–Kier alpha value is -1.24. The van der Waals surface area contributed by atoms with Crippen molar-refractivity contribution in [3.63, 3.8) is 0 Å². The Labute approximate surface area is 129 Å². The van der Waals surface area contributed by atoms with Gasteiger partial charge in [-0.1, -0.05) is 6.07 Å². The van der Waals surface area contributed by atoms with E-state index in [0.29, 0.717) is 0 Å². The first-order valence-corrected chi connectivity index (χ1v) is 7.14. The van der Waals surface area contributed by atoms with Gasteiger partial charge >= 0.3 is 6.09 Å². The van der Waals surface area contributed by atoms with Crippen LogP contribution in [0.25, 0.3) is 0 Å². The lowest BCUT2D eigenvalue weighted by molar-refractivity contribution is -0.0599. The second-order valence-corrected chi connectivity index (χ2v) is 6.78. The highest BCUT2D eigenvalue weighted by molar-refractivity contribution is 9.10. The van der Waals surface area contributed by atoms with Crippen LogP contribution in [0.15, 0.2) is 16.6 Å². The van der Waals surface area contributed by atoms with Crippen molar-refractivity contribution in [3.05, 3.63) is 33.5 Å². The average molecular weight is 366 g/mol. The van der Waals surface area contributed by atoms with Gasteiger partial charge in [0.15, 0.2) is 0 Å². The molecule has 1 amide bonds. The predicted octanol–water partition coefficient (Wildman–Crippen LogP) is 4.43. The van der Waals surface area contributed by atoms with Crippen molar-refractivity contribution in [1.29, 1.82) is 0 Å². The van der Waals surface area contributed by atoms with Gasteiger partial charge in [-0.25, -0.2) is 9.18 Å². The third-order valence-corrected chi connectivity index (χ3v) is 3.59. The molecule has 0 unspecified atom stereocenters. The smallest absolute Gasteiger partial charge is 0.410 e. The van der Waals surface area contributed by atoms with E-state index >= 15 is 0 Å². The highest BCUT2D eigenvalue weighted by Crippen LogP contribution is 2.39. The molecule has 0 aliphatic carbocycles. The van der Waals surface area contributed by atoms with Crippen molar-refractivity contribution in [2.24, 2.45) is 0 Å². The topological polar surface area (TPSA) is 29.5 Å². The lowest BCUT2D eigenvalue weighted by atomic mass is 9.96. The maximum atomic E-state index is 14.1. The number of nitrogens with zero attached hydrogens (tertiary/aromatic N) is 1. The van der Waals surface area contributed by atoms with E-state index < -0.39 is 30.0 Å². The van der Waals surface area contributed by atoms with Crippen LogP contribution >= 0.6 is 15.9 Å². The van der Waals surface area contributed by atoms with Crippen molar-refractivity contribution >= 4 is 22.0 Å². The van der Waals surface area contributed by atoms with Crippen LogP contribution in [0.1, 0.15) is 31.9 Å². The van der Waals surface area contributed by atoms with Crippen molar-refractivity contribution in [1.82, 2.24) is 4.90 Å². The number of hydrogen-bond acceptors (Lipinski definition) is 2. The van der Waals surface area contributed by atoms with Crippen LogP contribution in [-0.2, 0) is 17.2 Å². The van der Waals surface area contributed by atoms with E-state index in [2.05, 4.69) is 15.9 Å². The second-order valence-electron chi connectivity index (χ2n) is 5.93. The zero-order chi connectivity index (χ0) is 16.0. The zero-order valence-corrected chi connectivity index (χ0v) is 13.4. The summed E-state index contributed by atoms with van der Waals surface area (Å²) in [7, 11) is 0. The van der Waals surface area contributed by atoms with Gasteiger partial charge in [0.2, 0.25) is 0 Å². The van der Waals surface area contributed by atoms with Gasteiger partial charge in [-0.3, -0.25) is 4.90 Å². The average Bonchev–Trinajstić information content (AvgIpc) is 2.31. The molecule has 0 saturated heterocycles. The summed E-state index contributed by atoms with van der Waals surface area (Å²) >= 11 is 2.96. The quantitative estimate of drug-likeness (QED) is 0.680. The van der Waals surface area contributed by atoms with E-state index in [1.807, 2.05) is 0 Å². The van der Waals surface area contributed by atoms with Crippen LogP contribution < -0.4 is 0 Å². The summed E-state index contributed by atoms with van der Waals surface area (Å²) in [6, 6.07) is 2.42. The molecule has 0 atom stereocenters. The fourth-order valence-electron chi connectivity index (χ4n) is 2.12. The molecule has 116 valence electrons. The standard InChI is InChI=1S/C14H15BrF3NO2/c1-13(2,3)21-12(20)19-6-8-9(14(17,18)7-19)4-5-10(15)11(8)16/h4-5H,6-7H2,1-3H3. The minimum absolute atomic E-state index is 0.0862. The molecule has 0 spiro atoms. The van der Waals surface area contributed by atoms with Gasteiger partial charge < -0.3 is 4.74 Å². The first-order chi connectivity index (χ1) is 9.51. The molecule has 21 heavy (non-hydrogen) atoms. The molecule has 2 rings (SSSR count). The molecule has 3 nitrogen and oxygen atoms in total. The number of halogens is 4. The molecule has 1 aromatic carbocycles. The second kappa shape index (κ2) is 5.19. The highest BCUT2D eigenvalue weighted by Gasteiger charge is 2.44. The fourth-order valence-corrected chi connectivity index (χ4v) is 2.49. The summed E-state index contributed by atoms with van der Waals surface area (Å²) in [5, 5.41) is 0. The number of rotatable bonds is 0. The Kier molecular flexibility index (Phi) is 3.99. The minimum atomic E-state index is -3.31. The van der Waals surface area contributed by atoms with Crippen LogP contribution in [-0.4, -0.2) is 23.1 Å². The van der Waals surface area contributed by atoms with Crippen molar-refractivity contribution in [2.45, 2.75) is 38.8 Å². The number of carbonyl (C=O) groups is 1. The Morgan fingerprint density at radius 2 is 2.00 bits per heavy atom. The predicted molar refractivity (Wildman–Crippen MR) is 74.6 cm³/mol. The number of carbonyl (C=O) groups excluding carboxylic acids is 1. The molecule has 0 bridgehead atoms. The van der Waals surface area contributed by atoms with Gasteiger partial charge in [0.25, 0.3) is 5.92 Å². The molecule has 1 heterocycles. The number of amides is 1. The number of ether oxygens (including phenoxy) is 1. The number of alkyl halides is 2. The molecule has 0 fully saturated rings. The third kappa shape index (κ3) is 3.33. The Bertz CT molecular complexity index is 584. The fraction of sp³-hybridized carbons (Fsp3) is 0.500. The highest BCUT2D eigenvalue weighted by atomic mass is 79.9. The molecule has 0 N–H and O–H groups in total. The molecule has 0 saturated carbocycles. The lowest BCUT2D eigenvalue weighted by Crippen LogP contribution is -2.46. The molecule has 7 heteroatoms. The first kappa shape index (κ1) is 16.1. The van der Waals surface area contributed by atoms with E-state index in [1.54, 1.807) is 20.8 Å². The Morgan fingerprint density at radius 1 is 1.38 bits per heavy atom. The lowest BCUT2D eigenvalue weighted by Gasteiger charge is -2.35. The van der Waals surface area contributed by atoms with Gasteiger partial charge in [-0.2, -0.15) is 8.78 Å². The van der Waals surface area contributed by atoms with Crippen molar-refractivity contribution in [3.8, 4) is 0 Å². The van der Waals surface area contributed by atoms with Gasteiger partial charge in [0.1, 0.15) is 11.4 Å². The summed E-state index contributed by atoms with van der Waals surface area (Å²) < 4.78 is 47.4. The Morgan fingerprint density at radius 3 is 2.57 bits per heavy atom. The van der Waals surface area contributed by atoms with Crippen molar-refractivity contribution in [2.75, 3.05) is 6.54 Å². The van der Waals surface area contributed by atoms with Crippen LogP contribution in [0.4, 0.5) is 18.0 Å². The molecular weight excluding hydrogens is 351 g/mol. The summed E-state index contributed by atoms with van der Waals surface area (Å²) in [4.78, 5) is 12.8. The summed E-state index contributed by atoms with van der Waals surface area (Å²) in [6.07, 6.45) is -0.882. The maximum absolute atomic E-state index is 14.1. The largest absolute Gasteiger partial charge is 0.444 e. The molecule has 1 aliphatic rings. The van der Waals surface area contributed by atoms with Gasteiger partial charge in [0.05, 0.1) is 17.6 Å². The van der Waals surface area contributed by atoms with E-state index in [4.69, 9.17) is 4.74 Å². The van der Waals surface area contributed by atoms with E-state index in [0.717, 1.165) is 4.90 Å². The number of hydrogen-bond donors (Lipinski definition) is 0. The molecule has 1 aromatic rings. The summed E-state index contributed by atoms with van der Waals surface area (Å²) in [5.41, 5.74) is -1.38. The molecule has 0 aromatic heterocycles. The van der Waals surface area contributed by atoms with E-state index in [9.17, 15) is 18.0 Å². The molecular formula is C14H15BrF3NO2. The van der Waals surface area contributed by atoms with Gasteiger partial charge in [-0.05, 0) is 42.8 Å². The number of fused-ring (bicyclic) bond motifs is 1. The van der Waals surface area contributed by atoms with E-state index in [-0.39, 0.29) is 22.1 Å². The van der Waals surface area contributed by atoms with E-state index in [1.165, 1.54) is 12.1 Å². The van der Waals surface area contributed by atoms with Crippen LogP contribution in [0, 0.1) is 5.82 Å². The summed E-state index contributed by atoms with van der Waals surface area (Å²) in [6.45, 7) is 3.84.